The number of hydrogen-bond donors (Lipinski definition) is 1. The molecule has 1 N–H and O–H groups in total. The Kier molecular flexibility index (Phi) is 3.17. The molecule has 1 amide bonds. The fourth-order valence-electron chi connectivity index (χ4n) is 2.01. The third-order valence-corrected chi connectivity index (χ3v) is 2.81. The molecule has 0 aliphatic heterocycles. The molecule has 0 bridgehead atoms. The molecule has 0 saturated carbocycles. The zero-order valence-corrected chi connectivity index (χ0v) is 8.95. The maximum absolute atomic E-state index is 12.2. The lowest BCUT2D eigenvalue weighted by atomic mass is 9.87. The van der Waals surface area contributed by atoms with Crippen LogP contribution in [0, 0.1) is 0 Å². The van der Waals surface area contributed by atoms with Crippen molar-refractivity contribution in [2.45, 2.75) is 25.3 Å². The monoisotopic (exact) mass is 239 g/mol. The minimum atomic E-state index is -3.03. The molecule has 0 radical (unpaired) electrons. The van der Waals surface area contributed by atoms with E-state index in [1.807, 2.05) is 0 Å². The Labute approximate surface area is 96.8 Å². The van der Waals surface area contributed by atoms with Gasteiger partial charge < -0.3 is 5.32 Å². The first kappa shape index (κ1) is 11.7. The number of alkyl halides is 2. The summed E-state index contributed by atoms with van der Waals surface area (Å²) in [5, 5.41) is 2.25. The summed E-state index contributed by atoms with van der Waals surface area (Å²) in [5.74, 6) is -1.30. The molecule has 1 aromatic carbocycles. The zero-order valence-electron chi connectivity index (χ0n) is 8.95. The lowest BCUT2D eigenvalue weighted by Gasteiger charge is -2.25. The molecular weight excluding hydrogens is 228 g/mol. The molecule has 1 aromatic rings. The van der Waals surface area contributed by atoms with Crippen LogP contribution in [0.1, 0.15) is 34.8 Å². The molecule has 0 unspecified atom stereocenters. The summed E-state index contributed by atoms with van der Waals surface area (Å²) in [4.78, 5) is 22.5. The van der Waals surface area contributed by atoms with Crippen LogP contribution < -0.4 is 5.32 Å². The number of carbonyl (C=O) groups is 2. The first-order chi connectivity index (χ1) is 8.09. The average Bonchev–Trinajstić information content (AvgIpc) is 2.33. The van der Waals surface area contributed by atoms with Crippen molar-refractivity contribution < 1.29 is 18.4 Å². The topological polar surface area (TPSA) is 46.2 Å². The average molecular weight is 239 g/mol. The summed E-state index contributed by atoms with van der Waals surface area (Å²) in [7, 11) is 0. The van der Waals surface area contributed by atoms with E-state index in [1.54, 1.807) is 24.3 Å². The molecule has 0 fully saturated rings. The van der Waals surface area contributed by atoms with E-state index in [0.29, 0.717) is 17.5 Å². The number of rotatable bonds is 2. The summed E-state index contributed by atoms with van der Waals surface area (Å²) in [5.41, 5.74) is 1.14. The SMILES string of the molecule is O=C1CC[C@H](NC(=O)C(F)F)c2ccccc21. The van der Waals surface area contributed by atoms with Crippen molar-refractivity contribution >= 4 is 11.7 Å². The smallest absolute Gasteiger partial charge is 0.315 e. The molecule has 0 spiro atoms. The summed E-state index contributed by atoms with van der Waals surface area (Å²) in [6.45, 7) is 0. The van der Waals surface area contributed by atoms with Gasteiger partial charge in [0.25, 0.3) is 5.91 Å². The van der Waals surface area contributed by atoms with Crippen LogP contribution in [0.3, 0.4) is 0 Å². The molecule has 5 heteroatoms. The second-order valence-corrected chi connectivity index (χ2v) is 3.91. The summed E-state index contributed by atoms with van der Waals surface area (Å²) in [6.07, 6.45) is -2.39. The van der Waals surface area contributed by atoms with Gasteiger partial charge in [0, 0.05) is 12.0 Å². The summed E-state index contributed by atoms with van der Waals surface area (Å²) >= 11 is 0. The van der Waals surface area contributed by atoms with Crippen LogP contribution in [0.25, 0.3) is 0 Å². The number of halogens is 2. The van der Waals surface area contributed by atoms with Crippen molar-refractivity contribution in [3.8, 4) is 0 Å². The highest BCUT2D eigenvalue weighted by Gasteiger charge is 2.28. The lowest BCUT2D eigenvalue weighted by molar-refractivity contribution is -0.132. The standard InChI is InChI=1S/C12H11F2NO2/c13-11(14)12(17)15-9-5-6-10(16)8-4-2-1-3-7(8)9/h1-4,9,11H,5-6H2,(H,15,17)/t9-/m0/s1. The Morgan fingerprint density at radius 2 is 2.06 bits per heavy atom. The molecule has 0 aromatic heterocycles. The van der Waals surface area contributed by atoms with Gasteiger partial charge in [0.1, 0.15) is 0 Å². The predicted molar refractivity (Wildman–Crippen MR) is 56.9 cm³/mol. The van der Waals surface area contributed by atoms with Gasteiger partial charge in [-0.15, -0.1) is 0 Å². The van der Waals surface area contributed by atoms with E-state index in [0.717, 1.165) is 0 Å². The molecule has 0 heterocycles. The van der Waals surface area contributed by atoms with Crippen molar-refractivity contribution in [3.05, 3.63) is 35.4 Å². The Morgan fingerprint density at radius 3 is 2.76 bits per heavy atom. The zero-order chi connectivity index (χ0) is 12.4. The maximum Gasteiger partial charge on any atom is 0.315 e. The highest BCUT2D eigenvalue weighted by Crippen LogP contribution is 2.29. The second-order valence-electron chi connectivity index (χ2n) is 3.91. The number of carbonyl (C=O) groups excluding carboxylic acids is 2. The van der Waals surface area contributed by atoms with Gasteiger partial charge in [-0.2, -0.15) is 8.78 Å². The van der Waals surface area contributed by atoms with Crippen molar-refractivity contribution in [1.82, 2.24) is 5.32 Å². The molecule has 1 aliphatic carbocycles. The van der Waals surface area contributed by atoms with Crippen LogP contribution in [-0.4, -0.2) is 18.1 Å². The van der Waals surface area contributed by atoms with Crippen LogP contribution in [0.15, 0.2) is 24.3 Å². The van der Waals surface area contributed by atoms with Crippen LogP contribution in [0.2, 0.25) is 0 Å². The molecule has 1 aliphatic rings. The lowest BCUT2D eigenvalue weighted by Crippen LogP contribution is -2.35. The number of fused-ring (bicyclic) bond motifs is 1. The van der Waals surface area contributed by atoms with Crippen molar-refractivity contribution in [3.63, 3.8) is 0 Å². The third-order valence-electron chi connectivity index (χ3n) is 2.81. The molecule has 1 atom stereocenters. The van der Waals surface area contributed by atoms with E-state index in [4.69, 9.17) is 0 Å². The number of hydrogen-bond acceptors (Lipinski definition) is 2. The third kappa shape index (κ3) is 2.33. The van der Waals surface area contributed by atoms with Gasteiger partial charge >= 0.3 is 6.43 Å². The van der Waals surface area contributed by atoms with Gasteiger partial charge in [-0.25, -0.2) is 0 Å². The van der Waals surface area contributed by atoms with Gasteiger partial charge in [0.15, 0.2) is 5.78 Å². The number of benzene rings is 1. The van der Waals surface area contributed by atoms with Crippen molar-refractivity contribution in [2.75, 3.05) is 0 Å². The quantitative estimate of drug-likeness (QED) is 0.858. The predicted octanol–water partition coefficient (Wildman–Crippen LogP) is 2.09. The molecule has 2 rings (SSSR count). The summed E-state index contributed by atoms with van der Waals surface area (Å²) in [6, 6.07) is 6.28. The number of Topliss-reactive ketones (excluding diaryl/α,β-unsaturated/α-hetero) is 1. The van der Waals surface area contributed by atoms with E-state index in [2.05, 4.69) is 5.32 Å². The minimum Gasteiger partial charge on any atom is -0.344 e. The maximum atomic E-state index is 12.2. The largest absolute Gasteiger partial charge is 0.344 e. The Hall–Kier alpha value is -1.78. The van der Waals surface area contributed by atoms with E-state index in [1.165, 1.54) is 0 Å². The number of nitrogens with one attached hydrogen (secondary N) is 1. The van der Waals surface area contributed by atoms with Crippen LogP contribution >= 0.6 is 0 Å². The fourth-order valence-corrected chi connectivity index (χ4v) is 2.01. The van der Waals surface area contributed by atoms with Gasteiger partial charge in [-0.3, -0.25) is 9.59 Å². The normalized spacial score (nSPS) is 19.0. The van der Waals surface area contributed by atoms with E-state index in [9.17, 15) is 18.4 Å². The molecule has 3 nitrogen and oxygen atoms in total. The highest BCUT2D eigenvalue weighted by molar-refractivity contribution is 5.99. The number of ketones is 1. The van der Waals surface area contributed by atoms with Gasteiger partial charge in [0.05, 0.1) is 6.04 Å². The van der Waals surface area contributed by atoms with Crippen LogP contribution in [0.4, 0.5) is 8.78 Å². The van der Waals surface area contributed by atoms with E-state index < -0.39 is 18.4 Å². The molecule has 90 valence electrons. The highest BCUT2D eigenvalue weighted by atomic mass is 19.3. The Morgan fingerprint density at radius 1 is 1.35 bits per heavy atom. The van der Waals surface area contributed by atoms with Gasteiger partial charge in [0.2, 0.25) is 0 Å². The summed E-state index contributed by atoms with van der Waals surface area (Å²) < 4.78 is 24.3. The number of amides is 1. The van der Waals surface area contributed by atoms with Crippen molar-refractivity contribution in [1.29, 1.82) is 0 Å². The molecule has 0 saturated heterocycles. The second kappa shape index (κ2) is 4.61. The molecular formula is C12H11F2NO2. The molecule has 17 heavy (non-hydrogen) atoms. The van der Waals surface area contributed by atoms with Crippen LogP contribution in [-0.2, 0) is 4.79 Å². The minimum absolute atomic E-state index is 0.0110. The van der Waals surface area contributed by atoms with Crippen molar-refractivity contribution in [2.24, 2.45) is 0 Å². The Balaban J connectivity index is 2.24. The van der Waals surface area contributed by atoms with E-state index >= 15 is 0 Å². The first-order valence-corrected chi connectivity index (χ1v) is 5.30. The Bertz CT molecular complexity index is 460. The van der Waals surface area contributed by atoms with E-state index in [-0.39, 0.29) is 12.2 Å². The van der Waals surface area contributed by atoms with Gasteiger partial charge in [-0.1, -0.05) is 24.3 Å². The first-order valence-electron chi connectivity index (χ1n) is 5.30. The fraction of sp³-hybridized carbons (Fsp3) is 0.333. The van der Waals surface area contributed by atoms with Crippen LogP contribution in [0.5, 0.6) is 0 Å². The van der Waals surface area contributed by atoms with Gasteiger partial charge in [-0.05, 0) is 12.0 Å².